The van der Waals surface area contributed by atoms with E-state index in [4.69, 9.17) is 10.2 Å². The molecule has 0 bridgehead atoms. The van der Waals surface area contributed by atoms with Crippen LogP contribution in [0.3, 0.4) is 0 Å². The Morgan fingerprint density at radius 3 is 1.50 bits per heavy atom. The molecule has 0 spiro atoms. The summed E-state index contributed by atoms with van der Waals surface area (Å²) < 4.78 is 0. The smallest absolute Gasteiger partial charge is 0.307 e. The molecular weight excluding hydrogens is 286 g/mol. The molecule has 114 valence electrons. The van der Waals surface area contributed by atoms with E-state index in [-0.39, 0.29) is 12.8 Å². The lowest BCUT2D eigenvalue weighted by Crippen LogP contribution is -2.17. The number of nitrogens with zero attached hydrogens (tertiary/aromatic N) is 1. The van der Waals surface area contributed by atoms with Crippen molar-refractivity contribution in [3.63, 3.8) is 0 Å². The van der Waals surface area contributed by atoms with Gasteiger partial charge in [-0.25, -0.2) is 5.06 Å². The summed E-state index contributed by atoms with van der Waals surface area (Å²) in [6.45, 7) is 0. The van der Waals surface area contributed by atoms with Crippen molar-refractivity contribution in [1.29, 1.82) is 0 Å². The van der Waals surface area contributed by atoms with Crippen LogP contribution in [0.2, 0.25) is 0 Å². The van der Waals surface area contributed by atoms with Crippen LogP contribution in [0.4, 0.5) is 11.4 Å². The van der Waals surface area contributed by atoms with Gasteiger partial charge in [-0.05, 0) is 23.3 Å². The van der Waals surface area contributed by atoms with E-state index in [1.54, 1.807) is 48.5 Å². The zero-order valence-electron chi connectivity index (χ0n) is 11.6. The summed E-state index contributed by atoms with van der Waals surface area (Å²) in [6.07, 6.45) is -0.483. The zero-order chi connectivity index (χ0) is 16.1. The predicted molar refractivity (Wildman–Crippen MR) is 79.5 cm³/mol. The molecule has 22 heavy (non-hydrogen) atoms. The summed E-state index contributed by atoms with van der Waals surface area (Å²) in [5, 5.41) is 29.1. The van der Waals surface area contributed by atoms with Crippen molar-refractivity contribution in [1.82, 2.24) is 0 Å². The number of para-hydroxylation sites is 2. The highest BCUT2D eigenvalue weighted by Gasteiger charge is 2.16. The van der Waals surface area contributed by atoms with Crippen LogP contribution < -0.4 is 5.06 Å². The monoisotopic (exact) mass is 301 g/mol. The number of benzene rings is 2. The minimum Gasteiger partial charge on any atom is -0.481 e. The highest BCUT2D eigenvalue weighted by molar-refractivity contribution is 5.78. The molecule has 0 aromatic heterocycles. The number of anilines is 2. The first-order valence-electron chi connectivity index (χ1n) is 6.57. The van der Waals surface area contributed by atoms with E-state index >= 15 is 0 Å². The summed E-state index contributed by atoms with van der Waals surface area (Å²) in [5.41, 5.74) is 1.48. The molecule has 0 saturated heterocycles. The molecule has 0 aliphatic carbocycles. The van der Waals surface area contributed by atoms with Gasteiger partial charge in [0.25, 0.3) is 0 Å². The second kappa shape index (κ2) is 6.73. The summed E-state index contributed by atoms with van der Waals surface area (Å²) in [7, 11) is 0. The Kier molecular flexibility index (Phi) is 4.75. The van der Waals surface area contributed by atoms with Crippen molar-refractivity contribution >= 4 is 23.3 Å². The molecule has 0 aliphatic rings. The Labute approximate surface area is 126 Å². The molecule has 3 N–H and O–H groups in total. The lowest BCUT2D eigenvalue weighted by molar-refractivity contribution is -0.137. The Bertz CT molecular complexity index is 639. The Balaban J connectivity index is 2.42. The number of carboxylic acid groups (broad SMARTS) is 2. The minimum atomic E-state index is -1.01. The molecule has 0 aliphatic heterocycles. The van der Waals surface area contributed by atoms with Gasteiger partial charge >= 0.3 is 11.9 Å². The molecule has 0 atom stereocenters. The van der Waals surface area contributed by atoms with Crippen LogP contribution in [0.1, 0.15) is 11.1 Å². The Morgan fingerprint density at radius 1 is 0.773 bits per heavy atom. The van der Waals surface area contributed by atoms with Crippen molar-refractivity contribution < 1.29 is 25.0 Å². The molecule has 0 heterocycles. The molecule has 6 nitrogen and oxygen atoms in total. The molecule has 0 radical (unpaired) electrons. The zero-order valence-corrected chi connectivity index (χ0v) is 11.6. The fraction of sp³-hybridized carbons (Fsp3) is 0.125. The van der Waals surface area contributed by atoms with Crippen molar-refractivity contribution in [2.24, 2.45) is 0 Å². The molecule has 2 aromatic carbocycles. The van der Waals surface area contributed by atoms with Gasteiger partial charge in [0.05, 0.1) is 24.2 Å². The van der Waals surface area contributed by atoms with Crippen molar-refractivity contribution in [2.75, 3.05) is 5.06 Å². The molecule has 0 saturated carbocycles. The highest BCUT2D eigenvalue weighted by atomic mass is 16.5. The van der Waals surface area contributed by atoms with E-state index in [1.165, 1.54) is 0 Å². The minimum absolute atomic E-state index is 0.242. The maximum atomic E-state index is 10.9. The topological polar surface area (TPSA) is 98.1 Å². The standard InChI is InChI=1S/C16H15NO5/c18-15(19)9-11-5-1-3-7-13(11)17(22)14-8-4-2-6-12(14)10-16(20)21/h1-8,22H,9-10H2,(H,18,19)(H,20,21). The summed E-state index contributed by atoms with van der Waals surface area (Å²) in [4.78, 5) is 21.8. The highest BCUT2D eigenvalue weighted by Crippen LogP contribution is 2.30. The summed E-state index contributed by atoms with van der Waals surface area (Å²) in [5.74, 6) is -2.03. The van der Waals surface area contributed by atoms with E-state index in [1.807, 2.05) is 0 Å². The van der Waals surface area contributed by atoms with Gasteiger partial charge < -0.3 is 10.2 Å². The number of aliphatic carboxylic acids is 2. The van der Waals surface area contributed by atoms with Crippen LogP contribution in [0.5, 0.6) is 0 Å². The normalized spacial score (nSPS) is 10.2. The van der Waals surface area contributed by atoms with Crippen molar-refractivity contribution in [3.05, 3.63) is 59.7 Å². The second-order valence-electron chi connectivity index (χ2n) is 4.71. The van der Waals surface area contributed by atoms with Gasteiger partial charge in [0, 0.05) is 0 Å². The van der Waals surface area contributed by atoms with Crippen molar-refractivity contribution in [2.45, 2.75) is 12.8 Å². The van der Waals surface area contributed by atoms with E-state index in [0.29, 0.717) is 22.5 Å². The van der Waals surface area contributed by atoms with Crippen molar-refractivity contribution in [3.8, 4) is 0 Å². The average molecular weight is 301 g/mol. The predicted octanol–water partition coefficient (Wildman–Crippen LogP) is 2.47. The van der Waals surface area contributed by atoms with Crippen LogP contribution in [-0.2, 0) is 22.4 Å². The third-order valence-corrected chi connectivity index (χ3v) is 3.12. The molecule has 0 amide bonds. The van der Waals surface area contributed by atoms with Gasteiger partial charge in [-0.3, -0.25) is 14.8 Å². The van der Waals surface area contributed by atoms with E-state index in [9.17, 15) is 14.8 Å². The van der Waals surface area contributed by atoms with Crippen LogP contribution >= 0.6 is 0 Å². The maximum absolute atomic E-state index is 10.9. The van der Waals surface area contributed by atoms with Gasteiger partial charge in [0.1, 0.15) is 0 Å². The Hall–Kier alpha value is -2.86. The number of carboxylic acids is 2. The van der Waals surface area contributed by atoms with Crippen LogP contribution in [-0.4, -0.2) is 27.4 Å². The lowest BCUT2D eigenvalue weighted by atomic mass is 10.1. The van der Waals surface area contributed by atoms with Gasteiger partial charge in [0.15, 0.2) is 0 Å². The van der Waals surface area contributed by atoms with Gasteiger partial charge in [-0.15, -0.1) is 0 Å². The first kappa shape index (κ1) is 15.5. The summed E-state index contributed by atoms with van der Waals surface area (Å²) in [6, 6.07) is 13.1. The number of carbonyl (C=O) groups is 2. The van der Waals surface area contributed by atoms with Gasteiger partial charge in [-0.1, -0.05) is 36.4 Å². The number of hydrogen-bond donors (Lipinski definition) is 3. The van der Waals surface area contributed by atoms with Crippen LogP contribution in [0, 0.1) is 0 Å². The number of rotatable bonds is 6. The fourth-order valence-electron chi connectivity index (χ4n) is 2.19. The van der Waals surface area contributed by atoms with Crippen LogP contribution in [0.25, 0.3) is 0 Å². The molecule has 0 unspecified atom stereocenters. The van der Waals surface area contributed by atoms with E-state index in [2.05, 4.69) is 0 Å². The SMILES string of the molecule is O=C(O)Cc1ccccc1N(O)c1ccccc1CC(=O)O. The van der Waals surface area contributed by atoms with Crippen LogP contribution in [0.15, 0.2) is 48.5 Å². The first-order valence-corrected chi connectivity index (χ1v) is 6.57. The number of hydrogen-bond acceptors (Lipinski definition) is 4. The van der Waals surface area contributed by atoms with Gasteiger partial charge in [0.2, 0.25) is 0 Å². The molecule has 6 heteroatoms. The van der Waals surface area contributed by atoms with E-state index < -0.39 is 11.9 Å². The molecule has 2 aromatic rings. The molecular formula is C16H15NO5. The molecule has 2 rings (SSSR count). The summed E-state index contributed by atoms with van der Waals surface area (Å²) >= 11 is 0. The average Bonchev–Trinajstić information content (AvgIpc) is 2.46. The van der Waals surface area contributed by atoms with Gasteiger partial charge in [-0.2, -0.15) is 0 Å². The first-order chi connectivity index (χ1) is 10.5. The second-order valence-corrected chi connectivity index (χ2v) is 4.71. The third kappa shape index (κ3) is 3.62. The Morgan fingerprint density at radius 2 is 1.14 bits per heavy atom. The lowest BCUT2D eigenvalue weighted by Gasteiger charge is -2.22. The quantitative estimate of drug-likeness (QED) is 0.709. The third-order valence-electron chi connectivity index (χ3n) is 3.12. The maximum Gasteiger partial charge on any atom is 0.307 e. The fourth-order valence-corrected chi connectivity index (χ4v) is 2.19. The largest absolute Gasteiger partial charge is 0.481 e. The van der Waals surface area contributed by atoms with E-state index in [0.717, 1.165) is 5.06 Å². The molecule has 0 fully saturated rings.